The molecule has 5 nitrogen and oxygen atoms in total. The first-order valence-electron chi connectivity index (χ1n) is 6.00. The molecule has 1 N–H and O–H groups in total. The van der Waals surface area contributed by atoms with Crippen molar-refractivity contribution in [2.24, 2.45) is 0 Å². The van der Waals surface area contributed by atoms with E-state index in [9.17, 15) is 9.59 Å². The van der Waals surface area contributed by atoms with Crippen LogP contribution in [0.25, 0.3) is 0 Å². The van der Waals surface area contributed by atoms with Crippen molar-refractivity contribution >= 4 is 11.9 Å². The largest absolute Gasteiger partial charge is 0.469 e. The Kier molecular flexibility index (Phi) is 6.46. The van der Waals surface area contributed by atoms with E-state index in [1.807, 2.05) is 0 Å². The zero-order valence-electron chi connectivity index (χ0n) is 10.5. The van der Waals surface area contributed by atoms with Crippen LogP contribution in [0.4, 0.5) is 0 Å². The van der Waals surface area contributed by atoms with E-state index in [4.69, 9.17) is 0 Å². The summed E-state index contributed by atoms with van der Waals surface area (Å²) < 4.78 is 4.54. The molecule has 1 rings (SSSR count). The number of carbonyl (C=O) groups is 2. The van der Waals surface area contributed by atoms with Gasteiger partial charge in [-0.2, -0.15) is 0 Å². The molecule has 0 saturated heterocycles. The predicted molar refractivity (Wildman–Crippen MR) is 67.1 cm³/mol. The fraction of sp³-hybridized carbons (Fsp3) is 0.462. The minimum atomic E-state index is -0.187. The maximum absolute atomic E-state index is 11.6. The smallest absolute Gasteiger partial charge is 0.305 e. The standard InChI is InChI=1S/C13H18N2O3/c1-18-12(16)8-3-2-5-10-15-13(17)11-7-4-6-9-14-11/h4,6-7,9H,2-3,5,8,10H2,1H3,(H,15,17). The van der Waals surface area contributed by atoms with Crippen LogP contribution >= 0.6 is 0 Å². The first kappa shape index (κ1) is 14.2. The molecule has 1 aromatic rings. The molecule has 0 unspecified atom stereocenters. The normalized spacial score (nSPS) is 9.83. The number of amides is 1. The average Bonchev–Trinajstić information content (AvgIpc) is 2.43. The first-order chi connectivity index (χ1) is 8.74. The van der Waals surface area contributed by atoms with Crippen LogP contribution in [-0.2, 0) is 9.53 Å². The average molecular weight is 250 g/mol. The lowest BCUT2D eigenvalue weighted by molar-refractivity contribution is -0.140. The Morgan fingerprint density at radius 3 is 2.78 bits per heavy atom. The molecular formula is C13H18N2O3. The molecule has 1 heterocycles. The number of hydrogen-bond donors (Lipinski definition) is 1. The molecule has 18 heavy (non-hydrogen) atoms. The number of hydrogen-bond acceptors (Lipinski definition) is 4. The highest BCUT2D eigenvalue weighted by Gasteiger charge is 2.04. The highest BCUT2D eigenvalue weighted by atomic mass is 16.5. The number of nitrogens with zero attached hydrogens (tertiary/aromatic N) is 1. The van der Waals surface area contributed by atoms with Gasteiger partial charge in [0, 0.05) is 19.2 Å². The third kappa shape index (κ3) is 5.43. The predicted octanol–water partition coefficient (Wildman–Crippen LogP) is 1.54. The minimum absolute atomic E-state index is 0.163. The zero-order chi connectivity index (χ0) is 13.2. The van der Waals surface area contributed by atoms with E-state index in [2.05, 4.69) is 15.0 Å². The van der Waals surface area contributed by atoms with Crippen molar-refractivity contribution in [2.45, 2.75) is 25.7 Å². The number of aromatic nitrogens is 1. The monoisotopic (exact) mass is 250 g/mol. The molecule has 0 radical (unpaired) electrons. The summed E-state index contributed by atoms with van der Waals surface area (Å²) in [5.74, 6) is -0.351. The van der Waals surface area contributed by atoms with Crippen LogP contribution in [0.2, 0.25) is 0 Å². The number of carbonyl (C=O) groups excluding carboxylic acids is 2. The molecule has 0 spiro atoms. The second-order valence-corrected chi connectivity index (χ2v) is 3.86. The highest BCUT2D eigenvalue weighted by molar-refractivity contribution is 5.92. The summed E-state index contributed by atoms with van der Waals surface area (Å²) in [7, 11) is 1.38. The molecule has 0 aromatic carbocycles. The Balaban J connectivity index is 2.08. The van der Waals surface area contributed by atoms with Crippen molar-refractivity contribution in [1.29, 1.82) is 0 Å². The molecule has 0 aliphatic heterocycles. The van der Waals surface area contributed by atoms with Crippen molar-refractivity contribution in [3.8, 4) is 0 Å². The fourth-order valence-electron chi connectivity index (χ4n) is 1.46. The van der Waals surface area contributed by atoms with Gasteiger partial charge in [0.25, 0.3) is 5.91 Å². The van der Waals surface area contributed by atoms with Crippen LogP contribution in [-0.4, -0.2) is 30.5 Å². The van der Waals surface area contributed by atoms with Gasteiger partial charge >= 0.3 is 5.97 Å². The molecular weight excluding hydrogens is 232 g/mol. The summed E-state index contributed by atoms with van der Waals surface area (Å²) in [6.45, 7) is 0.594. The lowest BCUT2D eigenvalue weighted by Gasteiger charge is -2.04. The van der Waals surface area contributed by atoms with Crippen LogP contribution in [0.3, 0.4) is 0 Å². The number of ether oxygens (including phenoxy) is 1. The van der Waals surface area contributed by atoms with E-state index in [0.29, 0.717) is 18.7 Å². The van der Waals surface area contributed by atoms with Gasteiger partial charge in [-0.3, -0.25) is 14.6 Å². The molecule has 0 atom stereocenters. The Morgan fingerprint density at radius 2 is 2.11 bits per heavy atom. The molecule has 0 bridgehead atoms. The Bertz CT molecular complexity index is 379. The summed E-state index contributed by atoms with van der Waals surface area (Å²) in [4.78, 5) is 26.4. The molecule has 0 fully saturated rings. The van der Waals surface area contributed by atoms with E-state index in [1.54, 1.807) is 24.4 Å². The number of esters is 1. The van der Waals surface area contributed by atoms with Gasteiger partial charge in [-0.25, -0.2) is 0 Å². The Morgan fingerprint density at radius 1 is 1.28 bits per heavy atom. The van der Waals surface area contributed by atoms with Crippen LogP contribution in [0, 0.1) is 0 Å². The Hall–Kier alpha value is -1.91. The number of unbranched alkanes of at least 4 members (excludes halogenated alkanes) is 2. The topological polar surface area (TPSA) is 68.3 Å². The third-order valence-corrected chi connectivity index (χ3v) is 2.47. The second kappa shape index (κ2) is 8.22. The summed E-state index contributed by atoms with van der Waals surface area (Å²) >= 11 is 0. The van der Waals surface area contributed by atoms with E-state index >= 15 is 0 Å². The maximum atomic E-state index is 11.6. The van der Waals surface area contributed by atoms with Crippen molar-refractivity contribution in [1.82, 2.24) is 10.3 Å². The Labute approximate surface area is 107 Å². The van der Waals surface area contributed by atoms with Gasteiger partial charge in [0.1, 0.15) is 5.69 Å². The minimum Gasteiger partial charge on any atom is -0.469 e. The van der Waals surface area contributed by atoms with Crippen LogP contribution < -0.4 is 5.32 Å². The van der Waals surface area contributed by atoms with Gasteiger partial charge in [0.15, 0.2) is 0 Å². The van der Waals surface area contributed by atoms with E-state index in [-0.39, 0.29) is 11.9 Å². The quantitative estimate of drug-likeness (QED) is 0.589. The van der Waals surface area contributed by atoms with Gasteiger partial charge in [-0.1, -0.05) is 12.5 Å². The summed E-state index contributed by atoms with van der Waals surface area (Å²) in [6, 6.07) is 5.22. The SMILES string of the molecule is COC(=O)CCCCCNC(=O)c1ccccn1. The number of rotatable bonds is 7. The molecule has 0 saturated carbocycles. The maximum Gasteiger partial charge on any atom is 0.305 e. The van der Waals surface area contributed by atoms with E-state index in [0.717, 1.165) is 19.3 Å². The molecule has 98 valence electrons. The lowest BCUT2D eigenvalue weighted by Crippen LogP contribution is -2.25. The molecule has 1 amide bonds. The van der Waals surface area contributed by atoms with Gasteiger partial charge in [0.05, 0.1) is 7.11 Å². The molecule has 0 aliphatic carbocycles. The van der Waals surface area contributed by atoms with Crippen molar-refractivity contribution in [3.63, 3.8) is 0 Å². The molecule has 0 aliphatic rings. The van der Waals surface area contributed by atoms with E-state index < -0.39 is 0 Å². The summed E-state index contributed by atoms with van der Waals surface area (Å²) in [5.41, 5.74) is 0.423. The zero-order valence-corrected chi connectivity index (χ0v) is 10.5. The van der Waals surface area contributed by atoms with Crippen LogP contribution in [0.5, 0.6) is 0 Å². The molecule has 1 aromatic heterocycles. The van der Waals surface area contributed by atoms with Crippen LogP contribution in [0.15, 0.2) is 24.4 Å². The van der Waals surface area contributed by atoms with Crippen LogP contribution in [0.1, 0.15) is 36.2 Å². The lowest BCUT2D eigenvalue weighted by atomic mass is 10.2. The fourth-order valence-corrected chi connectivity index (χ4v) is 1.46. The third-order valence-electron chi connectivity index (χ3n) is 2.47. The number of nitrogens with one attached hydrogen (secondary N) is 1. The summed E-state index contributed by atoms with van der Waals surface area (Å²) in [6.07, 6.45) is 4.54. The first-order valence-corrected chi connectivity index (χ1v) is 6.00. The van der Waals surface area contributed by atoms with E-state index in [1.165, 1.54) is 7.11 Å². The van der Waals surface area contributed by atoms with Crippen molar-refractivity contribution in [3.05, 3.63) is 30.1 Å². The molecule has 5 heteroatoms. The highest BCUT2D eigenvalue weighted by Crippen LogP contribution is 2.00. The van der Waals surface area contributed by atoms with Gasteiger partial charge in [-0.05, 0) is 25.0 Å². The van der Waals surface area contributed by atoms with Crippen molar-refractivity contribution < 1.29 is 14.3 Å². The summed E-state index contributed by atoms with van der Waals surface area (Å²) in [5, 5.41) is 2.78. The van der Waals surface area contributed by atoms with Gasteiger partial charge < -0.3 is 10.1 Å². The second-order valence-electron chi connectivity index (χ2n) is 3.86. The number of methoxy groups -OCH3 is 1. The number of pyridine rings is 1. The van der Waals surface area contributed by atoms with Crippen molar-refractivity contribution in [2.75, 3.05) is 13.7 Å². The van der Waals surface area contributed by atoms with Gasteiger partial charge in [-0.15, -0.1) is 0 Å². The van der Waals surface area contributed by atoms with Gasteiger partial charge in [0.2, 0.25) is 0 Å².